The predicted octanol–water partition coefficient (Wildman–Crippen LogP) is 3.57. The molecule has 3 N–H and O–H groups in total. The molecule has 0 unspecified atom stereocenters. The smallest absolute Gasteiger partial charge is 0.0969 e. The van der Waals surface area contributed by atoms with Crippen molar-refractivity contribution in [3.8, 4) is 21.8 Å². The molecule has 0 aliphatic carbocycles. The minimum Gasteiger partial charge on any atom is -0.343 e. The highest BCUT2D eigenvalue weighted by Gasteiger charge is 2.12. The molecule has 0 bridgehead atoms. The van der Waals surface area contributed by atoms with E-state index in [9.17, 15) is 0 Å². The number of H-pyrrole nitrogens is 1. The van der Waals surface area contributed by atoms with E-state index in [0.717, 1.165) is 17.0 Å². The van der Waals surface area contributed by atoms with Crippen LogP contribution in [0.1, 0.15) is 10.4 Å². The molecule has 0 aliphatic rings. The van der Waals surface area contributed by atoms with E-state index in [1.165, 1.54) is 15.3 Å². The predicted molar refractivity (Wildman–Crippen MR) is 80.0 cm³/mol. The lowest BCUT2D eigenvalue weighted by Gasteiger charge is -2.01. The number of aryl methyl sites for hydroxylation is 1. The van der Waals surface area contributed by atoms with Crippen molar-refractivity contribution in [3.05, 3.63) is 53.2 Å². The van der Waals surface area contributed by atoms with E-state index in [-0.39, 0.29) is 0 Å². The van der Waals surface area contributed by atoms with Crippen LogP contribution in [0.5, 0.6) is 0 Å². The van der Waals surface area contributed by atoms with Gasteiger partial charge in [-0.15, -0.1) is 11.3 Å². The van der Waals surface area contributed by atoms with Crippen molar-refractivity contribution in [1.82, 2.24) is 9.97 Å². The molecule has 0 saturated heterocycles. The van der Waals surface area contributed by atoms with E-state index < -0.39 is 0 Å². The fourth-order valence-corrected chi connectivity index (χ4v) is 2.93. The minimum atomic E-state index is 0.582. The zero-order chi connectivity index (χ0) is 13.2. The fourth-order valence-electron chi connectivity index (χ4n) is 2.03. The highest BCUT2D eigenvalue weighted by atomic mass is 32.1. The Labute approximate surface area is 116 Å². The zero-order valence-corrected chi connectivity index (χ0v) is 11.5. The van der Waals surface area contributed by atoms with Gasteiger partial charge in [0.05, 0.1) is 22.6 Å². The molecule has 3 nitrogen and oxygen atoms in total. The van der Waals surface area contributed by atoms with Gasteiger partial charge in [0.25, 0.3) is 0 Å². The van der Waals surface area contributed by atoms with Gasteiger partial charge in [0.2, 0.25) is 0 Å². The quantitative estimate of drug-likeness (QED) is 0.763. The Morgan fingerprint density at radius 1 is 1.16 bits per heavy atom. The van der Waals surface area contributed by atoms with E-state index in [1.807, 2.05) is 0 Å². The average molecular weight is 269 g/mol. The second-order valence-corrected chi connectivity index (χ2v) is 5.63. The maximum absolute atomic E-state index is 5.67. The number of nitrogens with one attached hydrogen (secondary N) is 1. The molecule has 0 aliphatic heterocycles. The van der Waals surface area contributed by atoms with Crippen LogP contribution >= 0.6 is 11.3 Å². The zero-order valence-electron chi connectivity index (χ0n) is 10.7. The first kappa shape index (κ1) is 12.1. The van der Waals surface area contributed by atoms with Gasteiger partial charge in [-0.3, -0.25) is 0 Å². The summed E-state index contributed by atoms with van der Waals surface area (Å²) < 4.78 is 0. The van der Waals surface area contributed by atoms with Crippen molar-refractivity contribution in [1.29, 1.82) is 0 Å². The van der Waals surface area contributed by atoms with Crippen LogP contribution in [0.3, 0.4) is 0 Å². The third-order valence-corrected chi connectivity index (χ3v) is 4.20. The van der Waals surface area contributed by atoms with E-state index in [0.29, 0.717) is 6.54 Å². The first-order chi connectivity index (χ1) is 9.28. The number of benzene rings is 1. The monoisotopic (exact) mass is 269 g/mol. The lowest BCUT2D eigenvalue weighted by molar-refractivity contribution is 1.11. The van der Waals surface area contributed by atoms with Gasteiger partial charge >= 0.3 is 0 Å². The third kappa shape index (κ3) is 2.32. The number of nitrogens with zero attached hydrogens (tertiary/aromatic N) is 1. The Bertz CT molecular complexity index is 679. The molecule has 3 aromatic rings. The van der Waals surface area contributed by atoms with Crippen LogP contribution in [-0.4, -0.2) is 9.97 Å². The highest BCUT2D eigenvalue weighted by molar-refractivity contribution is 7.15. The lowest BCUT2D eigenvalue weighted by Crippen LogP contribution is -1.91. The van der Waals surface area contributed by atoms with Gasteiger partial charge in [0, 0.05) is 17.0 Å². The van der Waals surface area contributed by atoms with Crippen LogP contribution in [0.2, 0.25) is 0 Å². The number of rotatable bonds is 3. The molecule has 0 spiro atoms. The first-order valence-corrected chi connectivity index (χ1v) is 6.99. The summed E-state index contributed by atoms with van der Waals surface area (Å²) >= 11 is 1.71. The molecule has 1 aromatic carbocycles. The number of thiophene rings is 1. The van der Waals surface area contributed by atoms with E-state index in [1.54, 1.807) is 17.7 Å². The van der Waals surface area contributed by atoms with Crippen LogP contribution in [0.4, 0.5) is 0 Å². The number of imidazole rings is 1. The van der Waals surface area contributed by atoms with Gasteiger partial charge < -0.3 is 10.7 Å². The molecule has 0 fully saturated rings. The summed E-state index contributed by atoms with van der Waals surface area (Å²) in [4.78, 5) is 10.0. The fraction of sp³-hybridized carbons (Fsp3) is 0.133. The number of hydrogen-bond donors (Lipinski definition) is 2. The number of aromatic amines is 1. The van der Waals surface area contributed by atoms with Crippen molar-refractivity contribution < 1.29 is 0 Å². The number of aromatic nitrogens is 2. The van der Waals surface area contributed by atoms with E-state index in [2.05, 4.69) is 53.3 Å². The topological polar surface area (TPSA) is 54.7 Å². The molecule has 0 amide bonds. The summed E-state index contributed by atoms with van der Waals surface area (Å²) in [7, 11) is 0. The SMILES string of the molecule is Cc1ccc(-c2nc[nH]c2-c2ccc(CN)s2)cc1. The summed E-state index contributed by atoms with van der Waals surface area (Å²) in [5.41, 5.74) is 10.1. The standard InChI is InChI=1S/C15H15N3S/c1-10-2-4-11(5-3-10)14-15(18-9-17-14)13-7-6-12(8-16)19-13/h2-7,9H,8,16H2,1H3,(H,17,18). The van der Waals surface area contributed by atoms with Crippen LogP contribution in [0.15, 0.2) is 42.7 Å². The molecule has 3 rings (SSSR count). The van der Waals surface area contributed by atoms with Gasteiger partial charge in [0.1, 0.15) is 0 Å². The molecule has 96 valence electrons. The van der Waals surface area contributed by atoms with Crippen molar-refractivity contribution in [2.24, 2.45) is 5.73 Å². The van der Waals surface area contributed by atoms with Crippen LogP contribution in [0.25, 0.3) is 21.8 Å². The number of nitrogens with two attached hydrogens (primary N) is 1. The van der Waals surface area contributed by atoms with Gasteiger partial charge in [-0.1, -0.05) is 29.8 Å². The van der Waals surface area contributed by atoms with Crippen LogP contribution in [-0.2, 0) is 6.54 Å². The lowest BCUT2D eigenvalue weighted by atomic mass is 10.1. The van der Waals surface area contributed by atoms with Crippen molar-refractivity contribution in [3.63, 3.8) is 0 Å². The summed E-state index contributed by atoms with van der Waals surface area (Å²) in [6.45, 7) is 2.67. The Kier molecular flexibility index (Phi) is 3.19. The molecular formula is C15H15N3S. The third-order valence-electron chi connectivity index (χ3n) is 3.07. The van der Waals surface area contributed by atoms with Gasteiger partial charge in [-0.05, 0) is 19.1 Å². The van der Waals surface area contributed by atoms with Gasteiger partial charge in [0.15, 0.2) is 0 Å². The highest BCUT2D eigenvalue weighted by Crippen LogP contribution is 2.33. The Balaban J connectivity index is 2.04. The largest absolute Gasteiger partial charge is 0.343 e. The maximum atomic E-state index is 5.67. The van der Waals surface area contributed by atoms with Crippen molar-refractivity contribution >= 4 is 11.3 Å². The second kappa shape index (κ2) is 4.99. The van der Waals surface area contributed by atoms with Crippen molar-refractivity contribution in [2.45, 2.75) is 13.5 Å². The number of hydrogen-bond acceptors (Lipinski definition) is 3. The van der Waals surface area contributed by atoms with Gasteiger partial charge in [-0.2, -0.15) is 0 Å². The molecule has 0 radical (unpaired) electrons. The molecular weight excluding hydrogens is 254 g/mol. The van der Waals surface area contributed by atoms with E-state index in [4.69, 9.17) is 5.73 Å². The molecule has 0 saturated carbocycles. The normalized spacial score (nSPS) is 10.8. The molecule has 4 heteroatoms. The minimum absolute atomic E-state index is 0.582. The Morgan fingerprint density at radius 2 is 1.95 bits per heavy atom. The molecule has 2 aromatic heterocycles. The van der Waals surface area contributed by atoms with Crippen LogP contribution < -0.4 is 5.73 Å². The molecule has 0 atom stereocenters. The van der Waals surface area contributed by atoms with E-state index >= 15 is 0 Å². The Morgan fingerprint density at radius 3 is 2.63 bits per heavy atom. The second-order valence-electron chi connectivity index (χ2n) is 4.46. The van der Waals surface area contributed by atoms with Crippen molar-refractivity contribution in [2.75, 3.05) is 0 Å². The summed E-state index contributed by atoms with van der Waals surface area (Å²) in [6.07, 6.45) is 1.74. The molecule has 2 heterocycles. The van der Waals surface area contributed by atoms with Crippen LogP contribution in [0, 0.1) is 6.92 Å². The van der Waals surface area contributed by atoms with Gasteiger partial charge in [-0.25, -0.2) is 4.98 Å². The molecule has 19 heavy (non-hydrogen) atoms. The Hall–Kier alpha value is -1.91. The first-order valence-electron chi connectivity index (χ1n) is 6.17. The summed E-state index contributed by atoms with van der Waals surface area (Å²) in [5.74, 6) is 0. The summed E-state index contributed by atoms with van der Waals surface area (Å²) in [6, 6.07) is 12.6. The summed E-state index contributed by atoms with van der Waals surface area (Å²) in [5, 5.41) is 0. The maximum Gasteiger partial charge on any atom is 0.0969 e. The average Bonchev–Trinajstić information content (AvgIpc) is 3.07.